The number of hydrogen-bond donors (Lipinski definition) is 0. The highest BCUT2D eigenvalue weighted by molar-refractivity contribution is 7.98. The van der Waals surface area contributed by atoms with Crippen LogP contribution in [0.3, 0.4) is 0 Å². The molecule has 4 rings (SSSR count). The standard InChI is InChI=1S/C23H23N5OS2/c1-16-13-17(2)25-22(24-16)30-15-21-26-27-23(31-14-18-7-5-4-6-8-18)28(21)19-9-11-20(29-3)12-10-19/h4-13H,14-15H2,1-3H3. The number of ether oxygens (including phenoxy) is 1. The van der Waals surface area contributed by atoms with E-state index >= 15 is 0 Å². The van der Waals surface area contributed by atoms with E-state index in [4.69, 9.17) is 4.74 Å². The van der Waals surface area contributed by atoms with Gasteiger partial charge in [-0.3, -0.25) is 4.57 Å². The Labute approximate surface area is 190 Å². The number of nitrogens with zero attached hydrogens (tertiary/aromatic N) is 5. The average molecular weight is 450 g/mol. The Morgan fingerprint density at radius 3 is 2.23 bits per heavy atom. The van der Waals surface area contributed by atoms with Gasteiger partial charge in [0.2, 0.25) is 0 Å². The molecule has 0 unspecified atom stereocenters. The Bertz CT molecular complexity index is 1130. The summed E-state index contributed by atoms with van der Waals surface area (Å²) >= 11 is 3.24. The Morgan fingerprint density at radius 1 is 0.839 bits per heavy atom. The second-order valence-corrected chi connectivity index (χ2v) is 8.81. The molecule has 8 heteroatoms. The van der Waals surface area contributed by atoms with Crippen LogP contribution in [0, 0.1) is 13.8 Å². The van der Waals surface area contributed by atoms with Crippen LogP contribution in [0.15, 0.2) is 71.0 Å². The molecule has 0 N–H and O–H groups in total. The van der Waals surface area contributed by atoms with Gasteiger partial charge >= 0.3 is 0 Å². The molecule has 0 saturated carbocycles. The number of thioether (sulfide) groups is 2. The monoisotopic (exact) mass is 449 g/mol. The smallest absolute Gasteiger partial charge is 0.196 e. The van der Waals surface area contributed by atoms with Crippen LogP contribution in [-0.4, -0.2) is 31.8 Å². The van der Waals surface area contributed by atoms with E-state index in [9.17, 15) is 0 Å². The van der Waals surface area contributed by atoms with Crippen molar-refractivity contribution in [3.63, 3.8) is 0 Å². The molecular formula is C23H23N5OS2. The molecule has 2 heterocycles. The van der Waals surface area contributed by atoms with Crippen molar-refractivity contribution in [2.75, 3.05) is 7.11 Å². The largest absolute Gasteiger partial charge is 0.497 e. The number of benzene rings is 2. The van der Waals surface area contributed by atoms with E-state index in [1.165, 1.54) is 5.56 Å². The molecule has 0 saturated heterocycles. The number of aromatic nitrogens is 5. The van der Waals surface area contributed by atoms with Gasteiger partial charge in [-0.15, -0.1) is 10.2 Å². The van der Waals surface area contributed by atoms with E-state index in [-0.39, 0.29) is 0 Å². The SMILES string of the molecule is COc1ccc(-n2c(CSc3nc(C)cc(C)n3)nnc2SCc2ccccc2)cc1. The molecule has 0 aliphatic heterocycles. The van der Waals surface area contributed by atoms with E-state index in [1.807, 2.05) is 50.2 Å². The van der Waals surface area contributed by atoms with Gasteiger partial charge in [0.25, 0.3) is 0 Å². The van der Waals surface area contributed by atoms with Gasteiger partial charge < -0.3 is 4.74 Å². The van der Waals surface area contributed by atoms with Crippen LogP contribution in [0.2, 0.25) is 0 Å². The van der Waals surface area contributed by atoms with E-state index in [2.05, 4.69) is 49.0 Å². The van der Waals surface area contributed by atoms with Crippen molar-refractivity contribution in [2.45, 2.75) is 35.7 Å². The summed E-state index contributed by atoms with van der Waals surface area (Å²) in [5.41, 5.74) is 4.17. The maximum absolute atomic E-state index is 5.31. The van der Waals surface area contributed by atoms with Crippen molar-refractivity contribution in [1.82, 2.24) is 24.7 Å². The zero-order valence-electron chi connectivity index (χ0n) is 17.6. The summed E-state index contributed by atoms with van der Waals surface area (Å²) in [5, 5.41) is 10.6. The fraction of sp³-hybridized carbons (Fsp3) is 0.217. The minimum Gasteiger partial charge on any atom is -0.497 e. The van der Waals surface area contributed by atoms with Gasteiger partial charge in [-0.1, -0.05) is 53.9 Å². The van der Waals surface area contributed by atoms with Crippen LogP contribution in [-0.2, 0) is 11.5 Å². The number of methoxy groups -OCH3 is 1. The van der Waals surface area contributed by atoms with Crippen molar-refractivity contribution >= 4 is 23.5 Å². The van der Waals surface area contributed by atoms with Crippen molar-refractivity contribution in [2.24, 2.45) is 0 Å². The molecule has 2 aromatic heterocycles. The van der Waals surface area contributed by atoms with E-state index < -0.39 is 0 Å². The van der Waals surface area contributed by atoms with Crippen molar-refractivity contribution in [3.05, 3.63) is 83.4 Å². The average Bonchev–Trinajstić information content (AvgIpc) is 3.19. The molecule has 2 aromatic carbocycles. The minimum absolute atomic E-state index is 0.619. The van der Waals surface area contributed by atoms with Gasteiger partial charge in [-0.2, -0.15) is 0 Å². The zero-order valence-corrected chi connectivity index (χ0v) is 19.3. The second kappa shape index (κ2) is 9.98. The predicted octanol–water partition coefficient (Wildman–Crippen LogP) is 5.27. The molecule has 4 aromatic rings. The van der Waals surface area contributed by atoms with Gasteiger partial charge in [-0.05, 0) is 49.7 Å². The first kappa shape index (κ1) is 21.4. The number of hydrogen-bond acceptors (Lipinski definition) is 7. The molecule has 0 spiro atoms. The first-order chi connectivity index (χ1) is 15.1. The van der Waals surface area contributed by atoms with E-state index in [1.54, 1.807) is 30.6 Å². The fourth-order valence-corrected chi connectivity index (χ4v) is 4.88. The normalized spacial score (nSPS) is 10.9. The second-order valence-electron chi connectivity index (χ2n) is 6.93. The van der Waals surface area contributed by atoms with Crippen LogP contribution in [0.4, 0.5) is 0 Å². The quantitative estimate of drug-likeness (QED) is 0.268. The fourth-order valence-electron chi connectivity index (χ4n) is 3.09. The van der Waals surface area contributed by atoms with Gasteiger partial charge in [0, 0.05) is 22.8 Å². The first-order valence-corrected chi connectivity index (χ1v) is 11.8. The summed E-state index contributed by atoms with van der Waals surface area (Å²) in [4.78, 5) is 9.06. The van der Waals surface area contributed by atoms with Crippen molar-refractivity contribution < 1.29 is 4.74 Å². The summed E-state index contributed by atoms with van der Waals surface area (Å²) in [5.74, 6) is 3.11. The molecule has 6 nitrogen and oxygen atoms in total. The molecule has 0 amide bonds. The Hall–Kier alpha value is -2.84. The Kier molecular flexibility index (Phi) is 6.89. The lowest BCUT2D eigenvalue weighted by atomic mass is 10.2. The third-order valence-electron chi connectivity index (χ3n) is 4.53. The predicted molar refractivity (Wildman–Crippen MR) is 125 cm³/mol. The van der Waals surface area contributed by atoms with Gasteiger partial charge in [0.1, 0.15) is 11.6 Å². The molecule has 31 heavy (non-hydrogen) atoms. The molecule has 0 aliphatic rings. The lowest BCUT2D eigenvalue weighted by Crippen LogP contribution is -2.03. The van der Waals surface area contributed by atoms with Gasteiger partial charge in [-0.25, -0.2) is 9.97 Å². The van der Waals surface area contributed by atoms with E-state index in [0.717, 1.165) is 44.7 Å². The highest BCUT2D eigenvalue weighted by atomic mass is 32.2. The topological polar surface area (TPSA) is 65.7 Å². The first-order valence-electron chi connectivity index (χ1n) is 9.83. The van der Waals surface area contributed by atoms with Crippen LogP contribution in [0.25, 0.3) is 5.69 Å². The maximum Gasteiger partial charge on any atom is 0.196 e. The third-order valence-corrected chi connectivity index (χ3v) is 6.38. The lowest BCUT2D eigenvalue weighted by molar-refractivity contribution is 0.414. The molecule has 0 aliphatic carbocycles. The van der Waals surface area contributed by atoms with Crippen LogP contribution >= 0.6 is 23.5 Å². The molecular weight excluding hydrogens is 426 g/mol. The molecule has 0 fully saturated rings. The molecule has 0 bridgehead atoms. The van der Waals surface area contributed by atoms with Crippen LogP contribution in [0.5, 0.6) is 5.75 Å². The highest BCUT2D eigenvalue weighted by Crippen LogP contribution is 2.29. The summed E-state index contributed by atoms with van der Waals surface area (Å²) < 4.78 is 7.41. The third kappa shape index (κ3) is 5.45. The highest BCUT2D eigenvalue weighted by Gasteiger charge is 2.16. The van der Waals surface area contributed by atoms with Crippen molar-refractivity contribution in [3.8, 4) is 11.4 Å². The van der Waals surface area contributed by atoms with E-state index in [0.29, 0.717) is 5.75 Å². The lowest BCUT2D eigenvalue weighted by Gasteiger charge is -2.11. The molecule has 158 valence electrons. The van der Waals surface area contributed by atoms with Crippen molar-refractivity contribution in [1.29, 1.82) is 0 Å². The zero-order chi connectivity index (χ0) is 21.6. The summed E-state index contributed by atoms with van der Waals surface area (Å²) in [7, 11) is 1.67. The van der Waals surface area contributed by atoms with Crippen LogP contribution < -0.4 is 4.74 Å². The maximum atomic E-state index is 5.31. The summed E-state index contributed by atoms with van der Waals surface area (Å²) in [6, 6.07) is 20.3. The summed E-state index contributed by atoms with van der Waals surface area (Å²) in [6.45, 7) is 3.97. The number of rotatable bonds is 8. The minimum atomic E-state index is 0.619. The van der Waals surface area contributed by atoms with Gasteiger partial charge in [0.05, 0.1) is 12.9 Å². The van der Waals surface area contributed by atoms with Gasteiger partial charge in [0.15, 0.2) is 10.3 Å². The molecule has 0 atom stereocenters. The summed E-state index contributed by atoms with van der Waals surface area (Å²) in [6.07, 6.45) is 0. The number of aryl methyl sites for hydroxylation is 2. The Morgan fingerprint density at radius 2 is 1.55 bits per heavy atom. The Balaban J connectivity index is 1.61. The van der Waals surface area contributed by atoms with Crippen LogP contribution in [0.1, 0.15) is 22.8 Å². The molecule has 0 radical (unpaired) electrons.